The van der Waals surface area contributed by atoms with E-state index in [2.05, 4.69) is 10.5 Å². The summed E-state index contributed by atoms with van der Waals surface area (Å²) < 4.78 is 10.6. The molecule has 1 amide bonds. The Morgan fingerprint density at radius 3 is 2.88 bits per heavy atom. The lowest BCUT2D eigenvalue weighted by Crippen LogP contribution is -2.34. The topological polar surface area (TPSA) is 69.1 Å². The molecule has 0 radical (unpaired) electrons. The number of hydrogen-bond donors (Lipinski definition) is 1. The van der Waals surface area contributed by atoms with Crippen LogP contribution in [0.15, 0.2) is 34.8 Å². The summed E-state index contributed by atoms with van der Waals surface area (Å²) in [5.41, 5.74) is 1.29. The SMILES string of the molecule is COc1cc(OC)c(C2=NO[C@@H](C(=O)NCc3cccs3)C2)cc1Cl. The number of thiophene rings is 1. The van der Waals surface area contributed by atoms with E-state index in [-0.39, 0.29) is 5.91 Å². The van der Waals surface area contributed by atoms with Gasteiger partial charge in [0, 0.05) is 22.9 Å². The predicted octanol–water partition coefficient (Wildman–Crippen LogP) is 3.23. The van der Waals surface area contributed by atoms with Crippen LogP contribution in [0.1, 0.15) is 16.9 Å². The lowest BCUT2D eigenvalue weighted by molar-refractivity contribution is -0.131. The van der Waals surface area contributed by atoms with Crippen LogP contribution >= 0.6 is 22.9 Å². The Balaban J connectivity index is 1.68. The van der Waals surface area contributed by atoms with E-state index in [4.69, 9.17) is 25.9 Å². The van der Waals surface area contributed by atoms with Gasteiger partial charge in [-0.3, -0.25) is 4.79 Å². The Kier molecular flexibility index (Phi) is 5.45. The fourth-order valence-corrected chi connectivity index (χ4v) is 3.35. The van der Waals surface area contributed by atoms with Crippen LogP contribution in [-0.2, 0) is 16.2 Å². The average molecular weight is 381 g/mol. The molecule has 0 unspecified atom stereocenters. The molecule has 0 saturated heterocycles. The van der Waals surface area contributed by atoms with Crippen LogP contribution in [0.25, 0.3) is 0 Å². The standard InChI is InChI=1S/C17H17ClN2O4S/c1-22-14-8-15(23-2)12(18)6-11(14)13-7-16(24-20-13)17(21)19-9-10-4-3-5-25-10/h3-6,8,16H,7,9H2,1-2H3,(H,19,21)/t16-/m1/s1. The smallest absolute Gasteiger partial charge is 0.264 e. The molecule has 0 fully saturated rings. The van der Waals surface area contributed by atoms with Crippen molar-refractivity contribution in [1.82, 2.24) is 5.32 Å². The van der Waals surface area contributed by atoms with Gasteiger partial charge in [-0.15, -0.1) is 11.3 Å². The number of benzene rings is 1. The van der Waals surface area contributed by atoms with Crippen molar-refractivity contribution >= 4 is 34.6 Å². The fraction of sp³-hybridized carbons (Fsp3) is 0.294. The van der Waals surface area contributed by atoms with E-state index in [0.717, 1.165) is 4.88 Å². The number of nitrogens with zero attached hydrogens (tertiary/aromatic N) is 1. The summed E-state index contributed by atoms with van der Waals surface area (Å²) in [5, 5.41) is 9.29. The van der Waals surface area contributed by atoms with E-state index in [1.165, 1.54) is 7.11 Å². The zero-order chi connectivity index (χ0) is 17.8. The molecule has 1 aliphatic rings. The van der Waals surface area contributed by atoms with Crippen molar-refractivity contribution in [2.24, 2.45) is 5.16 Å². The first-order valence-electron chi connectivity index (χ1n) is 7.57. The van der Waals surface area contributed by atoms with Crippen molar-refractivity contribution in [3.63, 3.8) is 0 Å². The summed E-state index contributed by atoms with van der Waals surface area (Å²) in [6.45, 7) is 0.476. The summed E-state index contributed by atoms with van der Waals surface area (Å²) in [7, 11) is 3.08. The third kappa shape index (κ3) is 3.88. The molecule has 1 atom stereocenters. The first kappa shape index (κ1) is 17.6. The fourth-order valence-electron chi connectivity index (χ4n) is 2.46. The summed E-state index contributed by atoms with van der Waals surface area (Å²) in [4.78, 5) is 18.6. The minimum Gasteiger partial charge on any atom is -0.496 e. The van der Waals surface area contributed by atoms with Crippen molar-refractivity contribution in [3.05, 3.63) is 45.1 Å². The number of hydrogen-bond acceptors (Lipinski definition) is 6. The normalized spacial score (nSPS) is 16.1. The molecule has 8 heteroatoms. The molecule has 1 N–H and O–H groups in total. The van der Waals surface area contributed by atoms with Crippen molar-refractivity contribution in [3.8, 4) is 11.5 Å². The van der Waals surface area contributed by atoms with Gasteiger partial charge in [-0.25, -0.2) is 0 Å². The van der Waals surface area contributed by atoms with E-state index in [0.29, 0.717) is 40.8 Å². The van der Waals surface area contributed by atoms with Gasteiger partial charge in [0.05, 0.1) is 31.5 Å². The van der Waals surface area contributed by atoms with Gasteiger partial charge in [0.1, 0.15) is 11.5 Å². The number of rotatable bonds is 6. The highest BCUT2D eigenvalue weighted by molar-refractivity contribution is 7.09. The van der Waals surface area contributed by atoms with Crippen LogP contribution in [0.3, 0.4) is 0 Å². The van der Waals surface area contributed by atoms with Gasteiger partial charge in [-0.05, 0) is 17.5 Å². The van der Waals surface area contributed by atoms with E-state index >= 15 is 0 Å². The largest absolute Gasteiger partial charge is 0.496 e. The van der Waals surface area contributed by atoms with Gasteiger partial charge in [0.25, 0.3) is 5.91 Å². The molecule has 2 aromatic rings. The zero-order valence-electron chi connectivity index (χ0n) is 13.7. The highest BCUT2D eigenvalue weighted by Gasteiger charge is 2.30. The van der Waals surface area contributed by atoms with Crippen molar-refractivity contribution in [1.29, 1.82) is 0 Å². The van der Waals surface area contributed by atoms with Crippen LogP contribution in [0.4, 0.5) is 0 Å². The number of ether oxygens (including phenoxy) is 2. The van der Waals surface area contributed by atoms with Gasteiger partial charge >= 0.3 is 0 Å². The third-order valence-electron chi connectivity index (χ3n) is 3.76. The second-order valence-electron chi connectivity index (χ2n) is 5.32. The van der Waals surface area contributed by atoms with Gasteiger partial charge in [-0.2, -0.15) is 0 Å². The van der Waals surface area contributed by atoms with E-state index in [1.807, 2.05) is 17.5 Å². The summed E-state index contributed by atoms with van der Waals surface area (Å²) in [6.07, 6.45) is -0.324. The van der Waals surface area contributed by atoms with Crippen LogP contribution < -0.4 is 14.8 Å². The molecule has 1 aromatic carbocycles. The lowest BCUT2D eigenvalue weighted by atomic mass is 10.0. The molecule has 0 aliphatic carbocycles. The maximum Gasteiger partial charge on any atom is 0.264 e. The van der Waals surface area contributed by atoms with Crippen LogP contribution in [0.5, 0.6) is 11.5 Å². The number of carbonyl (C=O) groups is 1. The number of oxime groups is 1. The Morgan fingerprint density at radius 1 is 1.40 bits per heavy atom. The van der Waals surface area contributed by atoms with E-state index in [9.17, 15) is 4.79 Å². The first-order valence-corrected chi connectivity index (χ1v) is 8.82. The monoisotopic (exact) mass is 380 g/mol. The Hall–Kier alpha value is -2.25. The molecular formula is C17H17ClN2O4S. The molecule has 0 bridgehead atoms. The minimum atomic E-state index is -0.666. The first-order chi connectivity index (χ1) is 12.1. The van der Waals surface area contributed by atoms with Crippen molar-refractivity contribution in [2.45, 2.75) is 19.1 Å². The highest BCUT2D eigenvalue weighted by Crippen LogP contribution is 2.34. The second kappa shape index (κ2) is 7.76. The Morgan fingerprint density at radius 2 is 2.20 bits per heavy atom. The van der Waals surface area contributed by atoms with Gasteiger partial charge in [0.15, 0.2) is 0 Å². The average Bonchev–Trinajstić information content (AvgIpc) is 3.31. The minimum absolute atomic E-state index is 0.203. The molecule has 0 spiro atoms. The van der Waals surface area contributed by atoms with Crippen LogP contribution in [0, 0.1) is 0 Å². The molecule has 3 rings (SSSR count). The maximum atomic E-state index is 12.3. The maximum absolute atomic E-state index is 12.3. The second-order valence-corrected chi connectivity index (χ2v) is 6.76. The zero-order valence-corrected chi connectivity index (χ0v) is 15.3. The van der Waals surface area contributed by atoms with E-state index < -0.39 is 6.10 Å². The molecular weight excluding hydrogens is 364 g/mol. The molecule has 6 nitrogen and oxygen atoms in total. The predicted molar refractivity (Wildman–Crippen MR) is 96.7 cm³/mol. The van der Waals surface area contributed by atoms with Gasteiger partial charge in [0.2, 0.25) is 6.10 Å². The lowest BCUT2D eigenvalue weighted by Gasteiger charge is -2.11. The van der Waals surface area contributed by atoms with Crippen LogP contribution in [-0.4, -0.2) is 31.9 Å². The molecule has 2 heterocycles. The molecule has 1 aromatic heterocycles. The Labute approximate surface area is 154 Å². The summed E-state index contributed by atoms with van der Waals surface area (Å²) in [5.74, 6) is 0.862. The third-order valence-corrected chi connectivity index (χ3v) is 4.93. The van der Waals surface area contributed by atoms with Gasteiger partial charge < -0.3 is 19.6 Å². The number of amides is 1. The summed E-state index contributed by atoms with van der Waals surface area (Å²) >= 11 is 7.78. The van der Waals surface area contributed by atoms with Gasteiger partial charge in [-0.1, -0.05) is 22.8 Å². The molecule has 25 heavy (non-hydrogen) atoms. The number of halogens is 1. The van der Waals surface area contributed by atoms with Crippen molar-refractivity contribution < 1.29 is 19.1 Å². The van der Waals surface area contributed by atoms with Crippen molar-refractivity contribution in [2.75, 3.05) is 14.2 Å². The summed E-state index contributed by atoms with van der Waals surface area (Å²) in [6, 6.07) is 7.30. The Bertz CT molecular complexity index is 792. The number of methoxy groups -OCH3 is 2. The van der Waals surface area contributed by atoms with Crippen LogP contribution in [0.2, 0.25) is 5.02 Å². The number of nitrogens with one attached hydrogen (secondary N) is 1. The van der Waals surface area contributed by atoms with E-state index in [1.54, 1.807) is 30.6 Å². The highest BCUT2D eigenvalue weighted by atomic mass is 35.5. The molecule has 132 valence electrons. The molecule has 1 aliphatic heterocycles. The molecule has 0 saturated carbocycles. The quantitative estimate of drug-likeness (QED) is 0.835. The number of carbonyl (C=O) groups excluding carboxylic acids is 1.